The molecule has 3 saturated heterocycles. The number of nitrogens with two attached hydrogens (primary N) is 1. The first kappa shape index (κ1) is 12.0. The van der Waals surface area contributed by atoms with Crippen molar-refractivity contribution in [2.24, 2.45) is 5.73 Å². The van der Waals surface area contributed by atoms with E-state index >= 15 is 0 Å². The van der Waals surface area contributed by atoms with Crippen molar-refractivity contribution in [3.05, 3.63) is 35.4 Å². The topological polar surface area (TPSA) is 32.5 Å². The summed E-state index contributed by atoms with van der Waals surface area (Å²) in [6, 6.07) is 3.91. The predicted octanol–water partition coefficient (Wildman–Crippen LogP) is 0.964. The van der Waals surface area contributed by atoms with E-state index in [1.807, 2.05) is 0 Å². The molecule has 3 heterocycles. The number of rotatable bonds is 2. The normalized spacial score (nSPS) is 32.5. The molecule has 2 bridgehead atoms. The number of nitrogens with zero attached hydrogens (tertiary/aromatic N) is 2. The van der Waals surface area contributed by atoms with Gasteiger partial charge in [0.15, 0.2) is 11.6 Å². The Morgan fingerprint density at radius 2 is 1.83 bits per heavy atom. The Hall–Kier alpha value is -1.04. The molecule has 18 heavy (non-hydrogen) atoms. The molecule has 0 amide bonds. The fraction of sp³-hybridized carbons (Fsp3) is 0.538. The minimum absolute atomic E-state index is 0.206. The van der Waals surface area contributed by atoms with Gasteiger partial charge in [0.1, 0.15) is 0 Å². The first-order chi connectivity index (χ1) is 8.65. The number of benzene rings is 1. The standard InChI is InChI=1S/C13H17F2N3/c14-10-2-1-9(7-11(10)15)13(16)12-8-17-3-5-18(12)6-4-17/h1-2,7,12-13H,3-6,8,16H2. The Kier molecular flexibility index (Phi) is 3.05. The van der Waals surface area contributed by atoms with Crippen LogP contribution in [0, 0.1) is 11.6 Å². The Morgan fingerprint density at radius 3 is 2.39 bits per heavy atom. The SMILES string of the molecule is NC(c1ccc(F)c(F)c1)C1CN2CCN1CC2. The van der Waals surface area contributed by atoms with Gasteiger partial charge in [-0.2, -0.15) is 0 Å². The second kappa shape index (κ2) is 4.57. The largest absolute Gasteiger partial charge is 0.323 e. The van der Waals surface area contributed by atoms with Crippen molar-refractivity contribution in [2.45, 2.75) is 12.1 Å². The van der Waals surface area contributed by atoms with Gasteiger partial charge >= 0.3 is 0 Å². The lowest BCUT2D eigenvalue weighted by molar-refractivity contribution is 0.00210. The Bertz CT molecular complexity index is 444. The van der Waals surface area contributed by atoms with E-state index in [2.05, 4.69) is 9.80 Å². The van der Waals surface area contributed by atoms with Crippen LogP contribution in [0.4, 0.5) is 8.78 Å². The highest BCUT2D eigenvalue weighted by molar-refractivity contribution is 5.23. The Labute approximate surface area is 105 Å². The quantitative estimate of drug-likeness (QED) is 0.852. The monoisotopic (exact) mass is 253 g/mol. The van der Waals surface area contributed by atoms with E-state index in [1.54, 1.807) is 6.07 Å². The van der Waals surface area contributed by atoms with E-state index in [-0.39, 0.29) is 12.1 Å². The maximum atomic E-state index is 13.2. The van der Waals surface area contributed by atoms with Gasteiger partial charge in [-0.05, 0) is 17.7 Å². The average Bonchev–Trinajstić information content (AvgIpc) is 2.42. The zero-order valence-corrected chi connectivity index (χ0v) is 10.1. The molecule has 3 nitrogen and oxygen atoms in total. The molecule has 2 unspecified atom stereocenters. The molecule has 3 aliphatic heterocycles. The lowest BCUT2D eigenvalue weighted by atomic mass is 9.94. The number of halogens is 2. The fourth-order valence-electron chi connectivity index (χ4n) is 2.94. The molecule has 2 atom stereocenters. The maximum Gasteiger partial charge on any atom is 0.159 e. The highest BCUT2D eigenvalue weighted by Gasteiger charge is 2.35. The third-order valence-electron chi connectivity index (χ3n) is 4.06. The maximum absolute atomic E-state index is 13.2. The Morgan fingerprint density at radius 1 is 1.11 bits per heavy atom. The van der Waals surface area contributed by atoms with Crippen molar-refractivity contribution >= 4 is 0 Å². The Balaban J connectivity index is 1.81. The summed E-state index contributed by atoms with van der Waals surface area (Å²) in [6.45, 7) is 5.12. The second-order valence-corrected chi connectivity index (χ2v) is 5.10. The third kappa shape index (κ3) is 2.02. The van der Waals surface area contributed by atoms with Crippen molar-refractivity contribution in [3.8, 4) is 0 Å². The lowest BCUT2D eigenvalue weighted by Crippen LogP contribution is -2.63. The van der Waals surface area contributed by atoms with Gasteiger partial charge in [-0.3, -0.25) is 9.80 Å². The van der Waals surface area contributed by atoms with Gasteiger partial charge < -0.3 is 5.73 Å². The summed E-state index contributed by atoms with van der Waals surface area (Å²) in [4.78, 5) is 4.73. The molecule has 3 fully saturated rings. The smallest absolute Gasteiger partial charge is 0.159 e. The molecule has 1 aromatic carbocycles. The van der Waals surface area contributed by atoms with E-state index in [0.29, 0.717) is 5.56 Å². The predicted molar refractivity (Wildman–Crippen MR) is 65.1 cm³/mol. The summed E-state index contributed by atoms with van der Waals surface area (Å²) in [5.74, 6) is -1.64. The van der Waals surface area contributed by atoms with E-state index < -0.39 is 11.6 Å². The van der Waals surface area contributed by atoms with Gasteiger partial charge in [0.05, 0.1) is 0 Å². The van der Waals surface area contributed by atoms with Gasteiger partial charge in [0.2, 0.25) is 0 Å². The molecule has 0 aromatic heterocycles. The minimum Gasteiger partial charge on any atom is -0.323 e. The van der Waals surface area contributed by atoms with Crippen molar-refractivity contribution in [3.63, 3.8) is 0 Å². The minimum atomic E-state index is -0.820. The van der Waals surface area contributed by atoms with Gasteiger partial charge in [-0.15, -0.1) is 0 Å². The zero-order chi connectivity index (χ0) is 12.7. The van der Waals surface area contributed by atoms with E-state index in [9.17, 15) is 8.78 Å². The van der Waals surface area contributed by atoms with Crippen LogP contribution in [0.5, 0.6) is 0 Å². The van der Waals surface area contributed by atoms with Gasteiger partial charge in [-0.25, -0.2) is 8.78 Å². The van der Waals surface area contributed by atoms with Crippen LogP contribution < -0.4 is 5.73 Å². The molecule has 4 rings (SSSR count). The van der Waals surface area contributed by atoms with Gasteiger partial charge in [-0.1, -0.05) is 6.07 Å². The molecule has 5 heteroatoms. The molecule has 1 aromatic rings. The van der Waals surface area contributed by atoms with Crippen molar-refractivity contribution in [1.29, 1.82) is 0 Å². The third-order valence-corrected chi connectivity index (χ3v) is 4.06. The van der Waals surface area contributed by atoms with Crippen LogP contribution in [0.2, 0.25) is 0 Å². The van der Waals surface area contributed by atoms with Crippen LogP contribution in [0.1, 0.15) is 11.6 Å². The highest BCUT2D eigenvalue weighted by atomic mass is 19.2. The van der Waals surface area contributed by atoms with Crippen molar-refractivity contribution in [2.75, 3.05) is 32.7 Å². The summed E-state index contributed by atoms with van der Waals surface area (Å²) in [7, 11) is 0. The molecule has 0 spiro atoms. The molecule has 98 valence electrons. The summed E-state index contributed by atoms with van der Waals surface area (Å²) >= 11 is 0. The highest BCUT2D eigenvalue weighted by Crippen LogP contribution is 2.26. The van der Waals surface area contributed by atoms with Gasteiger partial charge in [0.25, 0.3) is 0 Å². The van der Waals surface area contributed by atoms with Crippen LogP contribution in [-0.2, 0) is 0 Å². The van der Waals surface area contributed by atoms with E-state index in [1.165, 1.54) is 6.07 Å². The first-order valence-electron chi connectivity index (χ1n) is 6.32. The molecular formula is C13H17F2N3. The summed E-state index contributed by atoms with van der Waals surface area (Å²) in [5.41, 5.74) is 6.89. The first-order valence-corrected chi connectivity index (χ1v) is 6.32. The summed E-state index contributed by atoms with van der Waals surface area (Å²) in [5, 5.41) is 0. The van der Waals surface area contributed by atoms with Crippen molar-refractivity contribution in [1.82, 2.24) is 9.80 Å². The van der Waals surface area contributed by atoms with E-state index in [4.69, 9.17) is 5.73 Å². The molecule has 3 aliphatic rings. The summed E-state index contributed by atoms with van der Waals surface area (Å²) < 4.78 is 26.2. The van der Waals surface area contributed by atoms with Crippen LogP contribution in [0.15, 0.2) is 18.2 Å². The second-order valence-electron chi connectivity index (χ2n) is 5.10. The zero-order valence-electron chi connectivity index (χ0n) is 10.1. The number of hydrogen-bond acceptors (Lipinski definition) is 3. The number of piperazine rings is 3. The van der Waals surface area contributed by atoms with Crippen LogP contribution >= 0.6 is 0 Å². The molecule has 0 radical (unpaired) electrons. The molecule has 2 N–H and O–H groups in total. The van der Waals surface area contributed by atoms with Crippen LogP contribution in [0.3, 0.4) is 0 Å². The molecular weight excluding hydrogens is 236 g/mol. The number of hydrogen-bond donors (Lipinski definition) is 1. The average molecular weight is 253 g/mol. The van der Waals surface area contributed by atoms with E-state index in [0.717, 1.165) is 38.8 Å². The fourth-order valence-corrected chi connectivity index (χ4v) is 2.94. The van der Waals surface area contributed by atoms with Crippen molar-refractivity contribution < 1.29 is 8.78 Å². The molecule has 0 saturated carbocycles. The number of fused-ring (bicyclic) bond motifs is 3. The molecule has 0 aliphatic carbocycles. The summed E-state index contributed by atoms with van der Waals surface area (Å²) in [6.07, 6.45) is 0. The van der Waals surface area contributed by atoms with Crippen LogP contribution in [0.25, 0.3) is 0 Å². The lowest BCUT2D eigenvalue weighted by Gasteiger charge is -2.49. The van der Waals surface area contributed by atoms with Gasteiger partial charge in [0, 0.05) is 44.8 Å². The van der Waals surface area contributed by atoms with Crippen LogP contribution in [-0.4, -0.2) is 48.6 Å².